The van der Waals surface area contributed by atoms with E-state index in [0.29, 0.717) is 30.4 Å². The van der Waals surface area contributed by atoms with Crippen LogP contribution in [0.1, 0.15) is 38.1 Å². The third-order valence-electron chi connectivity index (χ3n) is 4.15. The van der Waals surface area contributed by atoms with E-state index < -0.39 is 10.8 Å². The largest absolute Gasteiger partial charge is 0.497 e. The van der Waals surface area contributed by atoms with Crippen molar-refractivity contribution in [3.05, 3.63) is 35.7 Å². The Kier molecular flexibility index (Phi) is 8.03. The van der Waals surface area contributed by atoms with E-state index in [1.165, 1.54) is 0 Å². The van der Waals surface area contributed by atoms with Crippen LogP contribution in [0.2, 0.25) is 0 Å². The maximum Gasteiger partial charge on any atom is 0.235 e. The van der Waals surface area contributed by atoms with Crippen molar-refractivity contribution in [1.82, 2.24) is 9.88 Å². The molecule has 0 aliphatic heterocycles. The van der Waals surface area contributed by atoms with Crippen LogP contribution in [0.4, 0.5) is 0 Å². The first-order chi connectivity index (χ1) is 13.0. The van der Waals surface area contributed by atoms with Crippen LogP contribution in [0.3, 0.4) is 0 Å². The molecule has 27 heavy (non-hydrogen) atoms. The zero-order valence-electron chi connectivity index (χ0n) is 16.5. The molecule has 0 fully saturated rings. The van der Waals surface area contributed by atoms with E-state index >= 15 is 0 Å². The minimum absolute atomic E-state index is 0.0180. The standard InChI is InChI=1S/C20H28N2O4S/c1-5-11-22(12-6-2)19(23)14-27(24)13-18-15(3)26-20(21-18)16-7-9-17(25-4)10-8-16/h7-10H,5-6,11-14H2,1-4H3. The van der Waals surface area contributed by atoms with Crippen LogP contribution >= 0.6 is 0 Å². The summed E-state index contributed by atoms with van der Waals surface area (Å²) in [6.45, 7) is 7.27. The summed E-state index contributed by atoms with van der Waals surface area (Å²) in [5.74, 6) is 2.03. The second-order valence-corrected chi connectivity index (χ2v) is 7.82. The summed E-state index contributed by atoms with van der Waals surface area (Å²) < 4.78 is 23.4. The number of hydrogen-bond acceptors (Lipinski definition) is 5. The van der Waals surface area contributed by atoms with Gasteiger partial charge in [-0.3, -0.25) is 9.00 Å². The highest BCUT2D eigenvalue weighted by Crippen LogP contribution is 2.24. The summed E-state index contributed by atoms with van der Waals surface area (Å²) in [6.07, 6.45) is 1.79. The number of hydrogen-bond donors (Lipinski definition) is 0. The Morgan fingerprint density at radius 3 is 2.37 bits per heavy atom. The first kappa shape index (κ1) is 21.2. The lowest BCUT2D eigenvalue weighted by atomic mass is 10.2. The Balaban J connectivity index is 2.03. The predicted octanol–water partition coefficient (Wildman–Crippen LogP) is 3.56. The van der Waals surface area contributed by atoms with Gasteiger partial charge >= 0.3 is 0 Å². The molecule has 1 aromatic heterocycles. The van der Waals surface area contributed by atoms with E-state index in [1.807, 2.05) is 38.1 Å². The van der Waals surface area contributed by atoms with Crippen molar-refractivity contribution in [2.45, 2.75) is 39.4 Å². The van der Waals surface area contributed by atoms with Gasteiger partial charge in [0.05, 0.1) is 18.6 Å². The highest BCUT2D eigenvalue weighted by molar-refractivity contribution is 7.84. The SMILES string of the molecule is CCCN(CCC)C(=O)CS(=O)Cc1nc(-c2ccc(OC)cc2)oc1C. The maximum absolute atomic E-state index is 12.5. The molecule has 2 rings (SSSR count). The number of nitrogens with zero attached hydrogens (tertiary/aromatic N) is 2. The Morgan fingerprint density at radius 2 is 1.81 bits per heavy atom. The first-order valence-corrected chi connectivity index (χ1v) is 10.7. The van der Waals surface area contributed by atoms with E-state index in [9.17, 15) is 9.00 Å². The zero-order valence-corrected chi connectivity index (χ0v) is 17.3. The third kappa shape index (κ3) is 5.92. The topological polar surface area (TPSA) is 72.6 Å². The van der Waals surface area contributed by atoms with Crippen molar-refractivity contribution < 1.29 is 18.2 Å². The molecule has 0 aliphatic rings. The van der Waals surface area contributed by atoms with E-state index in [1.54, 1.807) is 18.9 Å². The number of ether oxygens (including phenoxy) is 1. The van der Waals surface area contributed by atoms with Crippen molar-refractivity contribution in [2.24, 2.45) is 0 Å². The van der Waals surface area contributed by atoms with Gasteiger partial charge in [0.15, 0.2) is 0 Å². The second kappa shape index (κ2) is 10.3. The van der Waals surface area contributed by atoms with Gasteiger partial charge in [-0.1, -0.05) is 13.8 Å². The van der Waals surface area contributed by atoms with E-state index in [2.05, 4.69) is 4.98 Å². The maximum atomic E-state index is 12.5. The monoisotopic (exact) mass is 392 g/mol. The smallest absolute Gasteiger partial charge is 0.235 e. The van der Waals surface area contributed by atoms with Crippen molar-refractivity contribution in [2.75, 3.05) is 26.0 Å². The number of benzene rings is 1. The summed E-state index contributed by atoms with van der Waals surface area (Å²) in [6, 6.07) is 7.40. The molecule has 6 nitrogen and oxygen atoms in total. The van der Waals surface area contributed by atoms with Crippen LogP contribution < -0.4 is 4.74 Å². The number of oxazole rings is 1. The molecule has 0 aliphatic carbocycles. The van der Waals surface area contributed by atoms with Gasteiger partial charge in [-0.15, -0.1) is 0 Å². The molecule has 1 unspecified atom stereocenters. The van der Waals surface area contributed by atoms with Crippen molar-refractivity contribution >= 4 is 16.7 Å². The van der Waals surface area contributed by atoms with E-state index in [4.69, 9.17) is 9.15 Å². The third-order valence-corrected chi connectivity index (χ3v) is 5.32. The lowest BCUT2D eigenvalue weighted by Crippen LogP contribution is -2.35. The second-order valence-electron chi connectivity index (χ2n) is 6.36. The van der Waals surface area contributed by atoms with Crippen molar-refractivity contribution in [3.63, 3.8) is 0 Å². The van der Waals surface area contributed by atoms with Gasteiger partial charge < -0.3 is 14.1 Å². The fourth-order valence-corrected chi connectivity index (χ4v) is 3.89. The Labute approximate surface area is 163 Å². The van der Waals surface area contributed by atoms with Gasteiger partial charge in [0.25, 0.3) is 0 Å². The summed E-state index contributed by atoms with van der Waals surface area (Å²) in [5.41, 5.74) is 1.45. The number of methoxy groups -OCH3 is 1. The molecule has 1 amide bonds. The van der Waals surface area contributed by atoms with Crippen LogP contribution in [0, 0.1) is 6.92 Å². The van der Waals surface area contributed by atoms with Crippen LogP contribution in [-0.2, 0) is 21.3 Å². The predicted molar refractivity (Wildman–Crippen MR) is 107 cm³/mol. The number of amides is 1. The summed E-state index contributed by atoms with van der Waals surface area (Å²) in [5, 5.41) is 0. The number of rotatable bonds is 10. The molecule has 2 aromatic rings. The average Bonchev–Trinajstić information content (AvgIpc) is 3.02. The van der Waals surface area contributed by atoms with Crippen LogP contribution in [0.15, 0.2) is 28.7 Å². The summed E-state index contributed by atoms with van der Waals surface area (Å²) in [7, 11) is 0.291. The quantitative estimate of drug-likeness (QED) is 0.618. The molecule has 0 saturated carbocycles. The molecule has 0 spiro atoms. The molecule has 0 N–H and O–H groups in total. The van der Waals surface area contributed by atoms with Crippen molar-refractivity contribution in [1.29, 1.82) is 0 Å². The van der Waals surface area contributed by atoms with Gasteiger partial charge in [-0.2, -0.15) is 0 Å². The Hall–Kier alpha value is -2.15. The number of aromatic nitrogens is 1. The van der Waals surface area contributed by atoms with Gasteiger partial charge in [0.1, 0.15) is 17.3 Å². The molecule has 0 radical (unpaired) electrons. The number of carbonyl (C=O) groups excluding carboxylic acids is 1. The Morgan fingerprint density at radius 1 is 1.19 bits per heavy atom. The van der Waals surface area contributed by atoms with Gasteiger partial charge in [-0.05, 0) is 44.0 Å². The molecule has 0 bridgehead atoms. The minimum atomic E-state index is -1.32. The molecule has 1 atom stereocenters. The number of aryl methyl sites for hydroxylation is 1. The van der Waals surface area contributed by atoms with E-state index in [0.717, 1.165) is 24.2 Å². The van der Waals surface area contributed by atoms with E-state index in [-0.39, 0.29) is 17.4 Å². The summed E-state index contributed by atoms with van der Waals surface area (Å²) in [4.78, 5) is 18.6. The normalized spacial score (nSPS) is 12.0. The molecule has 148 valence electrons. The van der Waals surface area contributed by atoms with Crippen LogP contribution in [0.5, 0.6) is 5.75 Å². The highest BCUT2D eigenvalue weighted by atomic mass is 32.2. The van der Waals surface area contributed by atoms with Gasteiger partial charge in [0.2, 0.25) is 11.8 Å². The summed E-state index contributed by atoms with van der Waals surface area (Å²) >= 11 is 0. The first-order valence-electron chi connectivity index (χ1n) is 9.21. The minimum Gasteiger partial charge on any atom is -0.497 e. The molecule has 1 aromatic carbocycles. The lowest BCUT2D eigenvalue weighted by molar-refractivity contribution is -0.128. The molecule has 1 heterocycles. The van der Waals surface area contributed by atoms with Crippen LogP contribution in [-0.4, -0.2) is 46.0 Å². The number of carbonyl (C=O) groups is 1. The average molecular weight is 393 g/mol. The zero-order chi connectivity index (χ0) is 19.8. The molecular weight excluding hydrogens is 364 g/mol. The molecule has 7 heteroatoms. The fourth-order valence-electron chi connectivity index (χ4n) is 2.75. The van der Waals surface area contributed by atoms with Crippen LogP contribution in [0.25, 0.3) is 11.5 Å². The fraction of sp³-hybridized carbons (Fsp3) is 0.500. The van der Waals surface area contributed by atoms with Crippen molar-refractivity contribution in [3.8, 4) is 17.2 Å². The highest BCUT2D eigenvalue weighted by Gasteiger charge is 2.19. The molecular formula is C20H28N2O4S. The molecule has 0 saturated heterocycles. The lowest BCUT2D eigenvalue weighted by Gasteiger charge is -2.21. The van der Waals surface area contributed by atoms with Gasteiger partial charge in [0, 0.05) is 29.5 Å². The Bertz CT molecular complexity index is 765. The van der Waals surface area contributed by atoms with Gasteiger partial charge in [-0.25, -0.2) is 4.98 Å².